The van der Waals surface area contributed by atoms with Crippen LogP contribution in [0, 0.1) is 0 Å². The van der Waals surface area contributed by atoms with Gasteiger partial charge in [-0.05, 0) is 31.2 Å². The highest BCUT2D eigenvalue weighted by Crippen LogP contribution is 2.13. The van der Waals surface area contributed by atoms with Crippen molar-refractivity contribution in [2.45, 2.75) is 19.8 Å². The Kier molecular flexibility index (Phi) is 6.28. The van der Waals surface area contributed by atoms with Crippen molar-refractivity contribution in [3.8, 4) is 0 Å². The Morgan fingerprint density at radius 1 is 1.29 bits per heavy atom. The molecule has 0 unspecified atom stereocenters. The predicted octanol–water partition coefficient (Wildman–Crippen LogP) is 2.44. The van der Waals surface area contributed by atoms with Crippen LogP contribution in [0.25, 0.3) is 0 Å². The summed E-state index contributed by atoms with van der Waals surface area (Å²) in [5.74, 6) is -0.558. The Balaban J connectivity index is 1.79. The summed E-state index contributed by atoms with van der Waals surface area (Å²) < 4.78 is 0. The van der Waals surface area contributed by atoms with Crippen molar-refractivity contribution in [1.29, 1.82) is 0 Å². The number of hydrazone groups is 1. The fraction of sp³-hybridized carbons (Fsp3) is 0.200. The van der Waals surface area contributed by atoms with E-state index >= 15 is 0 Å². The summed E-state index contributed by atoms with van der Waals surface area (Å²) in [6.45, 7) is 1.66. The predicted molar refractivity (Wildman–Crippen MR) is 96.2 cm³/mol. The number of halogens is 1. The van der Waals surface area contributed by atoms with E-state index in [-0.39, 0.29) is 24.7 Å². The van der Waals surface area contributed by atoms with E-state index in [2.05, 4.69) is 20.8 Å². The van der Waals surface area contributed by atoms with Gasteiger partial charge in [-0.25, -0.2) is 10.4 Å². The molecule has 0 saturated heterocycles. The van der Waals surface area contributed by atoms with Crippen LogP contribution >= 0.6 is 22.9 Å². The molecule has 7 nitrogen and oxygen atoms in total. The highest BCUT2D eigenvalue weighted by Gasteiger charge is 2.08. The van der Waals surface area contributed by atoms with Gasteiger partial charge in [0.25, 0.3) is 0 Å². The molecule has 0 aliphatic heterocycles. The number of thiazole rings is 1. The summed E-state index contributed by atoms with van der Waals surface area (Å²) >= 11 is 7.05. The van der Waals surface area contributed by atoms with Crippen LogP contribution in [-0.2, 0) is 16.0 Å². The second kappa shape index (κ2) is 8.42. The number of nitrogens with two attached hydrogens (primary N) is 1. The van der Waals surface area contributed by atoms with Crippen molar-refractivity contribution in [3.05, 3.63) is 40.4 Å². The van der Waals surface area contributed by atoms with E-state index in [1.807, 2.05) is 0 Å². The number of anilines is 2. The van der Waals surface area contributed by atoms with Gasteiger partial charge < -0.3 is 11.1 Å². The van der Waals surface area contributed by atoms with E-state index in [1.165, 1.54) is 11.3 Å². The van der Waals surface area contributed by atoms with Gasteiger partial charge >= 0.3 is 0 Å². The number of nitrogen functional groups attached to an aromatic ring is 1. The van der Waals surface area contributed by atoms with Gasteiger partial charge in [-0.3, -0.25) is 9.59 Å². The minimum Gasteiger partial charge on any atom is -0.375 e. The second-order valence-corrected chi connectivity index (χ2v) is 6.29. The first-order chi connectivity index (χ1) is 11.4. The Morgan fingerprint density at radius 3 is 2.62 bits per heavy atom. The Bertz CT molecular complexity index is 757. The molecule has 0 aliphatic carbocycles. The molecule has 0 fully saturated rings. The smallest absolute Gasteiger partial charge is 0.246 e. The maximum absolute atomic E-state index is 11.9. The van der Waals surface area contributed by atoms with Crippen molar-refractivity contribution in [3.63, 3.8) is 0 Å². The van der Waals surface area contributed by atoms with Gasteiger partial charge in [0.15, 0.2) is 5.13 Å². The van der Waals surface area contributed by atoms with Gasteiger partial charge in [0.05, 0.1) is 18.5 Å². The molecule has 0 atom stereocenters. The Labute approximate surface area is 147 Å². The molecule has 2 amide bonds. The number of carbonyl (C=O) groups is 2. The van der Waals surface area contributed by atoms with Gasteiger partial charge in [0, 0.05) is 21.8 Å². The lowest BCUT2D eigenvalue weighted by Crippen LogP contribution is -2.23. The summed E-state index contributed by atoms with van der Waals surface area (Å²) in [6.07, 6.45) is 0.147. The molecule has 0 radical (unpaired) electrons. The molecular formula is C15H16ClN5O2S. The molecule has 9 heteroatoms. The van der Waals surface area contributed by atoms with Crippen molar-refractivity contribution >= 4 is 51.3 Å². The van der Waals surface area contributed by atoms with E-state index in [0.29, 0.717) is 27.2 Å². The first-order valence-corrected chi connectivity index (χ1v) is 8.25. The maximum Gasteiger partial charge on any atom is 0.246 e. The molecule has 1 heterocycles. The normalized spacial score (nSPS) is 11.2. The molecule has 0 spiro atoms. The lowest BCUT2D eigenvalue weighted by atomic mass is 10.2. The van der Waals surface area contributed by atoms with Crippen LogP contribution in [-0.4, -0.2) is 22.5 Å². The SMILES string of the molecule is CC(CC(=O)Nc1ccc(Cl)cc1)=NNC(=O)Cc1csc(N)n1. The standard InChI is InChI=1S/C15H16ClN5O2S/c1-9(6-13(22)18-11-4-2-10(16)3-5-11)20-21-14(23)7-12-8-24-15(17)19-12/h2-5,8H,6-7H2,1H3,(H2,17,19)(H,18,22)(H,21,23). The average Bonchev–Trinajstić information content (AvgIpc) is 2.92. The van der Waals surface area contributed by atoms with Gasteiger partial charge in [-0.1, -0.05) is 11.6 Å². The zero-order chi connectivity index (χ0) is 17.5. The Hall–Kier alpha value is -2.45. The minimum absolute atomic E-state index is 0.0621. The third-order valence-corrected chi connectivity index (χ3v) is 3.80. The van der Waals surface area contributed by atoms with Gasteiger partial charge in [0.2, 0.25) is 11.8 Å². The number of benzene rings is 1. The second-order valence-electron chi connectivity index (χ2n) is 4.97. The number of nitrogens with zero attached hydrogens (tertiary/aromatic N) is 2. The largest absolute Gasteiger partial charge is 0.375 e. The molecule has 0 aliphatic rings. The third-order valence-electron chi connectivity index (χ3n) is 2.83. The zero-order valence-electron chi connectivity index (χ0n) is 12.9. The molecule has 2 aromatic rings. The summed E-state index contributed by atoms with van der Waals surface area (Å²) in [5.41, 5.74) is 9.60. The van der Waals surface area contributed by atoms with E-state index in [1.54, 1.807) is 36.6 Å². The van der Waals surface area contributed by atoms with E-state index in [0.717, 1.165) is 0 Å². The first kappa shape index (κ1) is 17.9. The van der Waals surface area contributed by atoms with Crippen LogP contribution in [0.15, 0.2) is 34.7 Å². The number of hydrogen-bond acceptors (Lipinski definition) is 6. The zero-order valence-corrected chi connectivity index (χ0v) is 14.4. The van der Waals surface area contributed by atoms with E-state index < -0.39 is 0 Å². The van der Waals surface area contributed by atoms with Crippen molar-refractivity contribution in [1.82, 2.24) is 10.4 Å². The quantitative estimate of drug-likeness (QED) is 0.539. The summed E-state index contributed by atoms with van der Waals surface area (Å²) in [6, 6.07) is 6.77. The van der Waals surface area contributed by atoms with Crippen molar-refractivity contribution < 1.29 is 9.59 Å². The fourth-order valence-corrected chi connectivity index (χ4v) is 2.46. The van der Waals surface area contributed by atoms with Crippen LogP contribution in [0.1, 0.15) is 19.0 Å². The van der Waals surface area contributed by atoms with E-state index in [9.17, 15) is 9.59 Å². The molecule has 1 aromatic carbocycles. The number of amides is 2. The maximum atomic E-state index is 11.9. The average molecular weight is 366 g/mol. The molecule has 0 bridgehead atoms. The minimum atomic E-state index is -0.322. The van der Waals surface area contributed by atoms with Crippen LogP contribution < -0.4 is 16.5 Å². The summed E-state index contributed by atoms with van der Waals surface area (Å²) in [7, 11) is 0. The molecule has 4 N–H and O–H groups in total. The topological polar surface area (TPSA) is 109 Å². The molecule has 24 heavy (non-hydrogen) atoms. The van der Waals surface area contributed by atoms with Gasteiger partial charge in [-0.2, -0.15) is 5.10 Å². The van der Waals surface area contributed by atoms with Crippen LogP contribution in [0.4, 0.5) is 10.8 Å². The van der Waals surface area contributed by atoms with E-state index in [4.69, 9.17) is 17.3 Å². The number of nitrogens with one attached hydrogen (secondary N) is 2. The highest BCUT2D eigenvalue weighted by molar-refractivity contribution is 7.13. The van der Waals surface area contributed by atoms with Crippen LogP contribution in [0.3, 0.4) is 0 Å². The fourth-order valence-electron chi connectivity index (χ4n) is 1.78. The van der Waals surface area contributed by atoms with Crippen LogP contribution in [0.5, 0.6) is 0 Å². The Morgan fingerprint density at radius 2 is 2.00 bits per heavy atom. The molecule has 1 aromatic heterocycles. The third kappa shape index (κ3) is 5.98. The molecular weight excluding hydrogens is 350 g/mol. The molecule has 2 rings (SSSR count). The van der Waals surface area contributed by atoms with Crippen molar-refractivity contribution in [2.75, 3.05) is 11.1 Å². The van der Waals surface area contributed by atoms with Crippen LogP contribution in [0.2, 0.25) is 5.02 Å². The first-order valence-electron chi connectivity index (χ1n) is 6.99. The number of hydrogen-bond donors (Lipinski definition) is 3. The van der Waals surface area contributed by atoms with Crippen molar-refractivity contribution in [2.24, 2.45) is 5.10 Å². The molecule has 126 valence electrons. The molecule has 0 saturated carbocycles. The summed E-state index contributed by atoms with van der Waals surface area (Å²) in [4.78, 5) is 27.6. The monoisotopic (exact) mass is 365 g/mol. The summed E-state index contributed by atoms with van der Waals surface area (Å²) in [5, 5.41) is 9.34. The number of rotatable bonds is 6. The number of aromatic nitrogens is 1. The van der Waals surface area contributed by atoms with Gasteiger partial charge in [0.1, 0.15) is 0 Å². The highest BCUT2D eigenvalue weighted by atomic mass is 35.5. The van der Waals surface area contributed by atoms with Gasteiger partial charge in [-0.15, -0.1) is 11.3 Å². The number of carbonyl (C=O) groups excluding carboxylic acids is 2. The lowest BCUT2D eigenvalue weighted by molar-refractivity contribution is -0.120. The lowest BCUT2D eigenvalue weighted by Gasteiger charge is -2.05.